The van der Waals surface area contributed by atoms with Crippen LogP contribution in [0.3, 0.4) is 0 Å². The van der Waals surface area contributed by atoms with Crippen LogP contribution in [0.2, 0.25) is 0 Å². The molecule has 1 aliphatic heterocycles. The lowest BCUT2D eigenvalue weighted by Crippen LogP contribution is -2.29. The molecule has 4 rings (SSSR count). The Labute approximate surface area is 176 Å². The highest BCUT2D eigenvalue weighted by atomic mass is 19.1. The lowest BCUT2D eigenvalue weighted by atomic mass is 10.0. The molecule has 30 heavy (non-hydrogen) atoms. The average molecular weight is 404 g/mol. The standard InChI is InChI=1S/C25H25FN2O2/c26-22-11-13-23(14-12-22)30-17-15-27-25(29)21-9-7-19(8-10-21)18-28-16-3-5-20-4-1-2-6-24(20)28/h1-2,4,6-14H,3,5,15-18H2,(H,27,29). The summed E-state index contributed by atoms with van der Waals surface area (Å²) < 4.78 is 18.4. The van der Waals surface area contributed by atoms with Gasteiger partial charge in [-0.25, -0.2) is 4.39 Å². The van der Waals surface area contributed by atoms with Gasteiger partial charge in [0, 0.05) is 24.3 Å². The second kappa shape index (κ2) is 9.44. The van der Waals surface area contributed by atoms with Crippen molar-refractivity contribution in [2.24, 2.45) is 0 Å². The summed E-state index contributed by atoms with van der Waals surface area (Å²) in [7, 11) is 0. The van der Waals surface area contributed by atoms with E-state index in [2.05, 4.69) is 34.5 Å². The largest absolute Gasteiger partial charge is 0.492 e. The van der Waals surface area contributed by atoms with Gasteiger partial charge in [-0.05, 0) is 66.4 Å². The predicted molar refractivity (Wildman–Crippen MR) is 116 cm³/mol. The van der Waals surface area contributed by atoms with E-state index in [4.69, 9.17) is 4.74 Å². The van der Waals surface area contributed by atoms with Crippen molar-refractivity contribution in [2.45, 2.75) is 19.4 Å². The highest BCUT2D eigenvalue weighted by molar-refractivity contribution is 5.94. The molecule has 1 N–H and O–H groups in total. The lowest BCUT2D eigenvalue weighted by molar-refractivity contribution is 0.0947. The topological polar surface area (TPSA) is 41.6 Å². The number of nitrogens with zero attached hydrogens (tertiary/aromatic N) is 1. The van der Waals surface area contributed by atoms with Crippen LogP contribution in [-0.2, 0) is 13.0 Å². The monoisotopic (exact) mass is 404 g/mol. The molecule has 0 spiro atoms. The quantitative estimate of drug-likeness (QED) is 0.586. The molecule has 5 heteroatoms. The molecule has 0 fully saturated rings. The van der Waals surface area contributed by atoms with Crippen molar-refractivity contribution in [2.75, 3.05) is 24.6 Å². The van der Waals surface area contributed by atoms with Gasteiger partial charge in [-0.1, -0.05) is 30.3 Å². The summed E-state index contributed by atoms with van der Waals surface area (Å²) in [6.07, 6.45) is 2.30. The third-order valence-electron chi connectivity index (χ3n) is 5.27. The maximum Gasteiger partial charge on any atom is 0.251 e. The maximum atomic E-state index is 12.9. The van der Waals surface area contributed by atoms with Crippen molar-refractivity contribution in [3.8, 4) is 5.75 Å². The number of amides is 1. The Morgan fingerprint density at radius 2 is 1.77 bits per heavy atom. The number of aryl methyl sites for hydroxylation is 1. The minimum atomic E-state index is -0.302. The molecular formula is C25H25FN2O2. The molecule has 3 aromatic carbocycles. The molecular weight excluding hydrogens is 379 g/mol. The van der Waals surface area contributed by atoms with Gasteiger partial charge in [0.25, 0.3) is 5.91 Å². The molecule has 0 bridgehead atoms. The predicted octanol–water partition coefficient (Wildman–Crippen LogP) is 4.59. The summed E-state index contributed by atoms with van der Waals surface area (Å²) in [4.78, 5) is 14.7. The normalized spacial score (nSPS) is 12.9. The smallest absolute Gasteiger partial charge is 0.251 e. The molecule has 0 unspecified atom stereocenters. The van der Waals surface area contributed by atoms with Gasteiger partial charge in [0.2, 0.25) is 0 Å². The molecule has 0 atom stereocenters. The van der Waals surface area contributed by atoms with Gasteiger partial charge >= 0.3 is 0 Å². The molecule has 1 aliphatic rings. The minimum absolute atomic E-state index is 0.132. The minimum Gasteiger partial charge on any atom is -0.492 e. The molecule has 1 amide bonds. The van der Waals surface area contributed by atoms with Gasteiger partial charge in [0.15, 0.2) is 0 Å². The van der Waals surface area contributed by atoms with Crippen molar-refractivity contribution in [3.05, 3.63) is 95.3 Å². The number of ether oxygens (including phenoxy) is 1. The van der Waals surface area contributed by atoms with E-state index in [1.54, 1.807) is 12.1 Å². The third-order valence-corrected chi connectivity index (χ3v) is 5.27. The maximum absolute atomic E-state index is 12.9. The van der Waals surface area contributed by atoms with Crippen LogP contribution in [-0.4, -0.2) is 25.6 Å². The zero-order valence-corrected chi connectivity index (χ0v) is 16.8. The molecule has 3 aromatic rings. The fraction of sp³-hybridized carbons (Fsp3) is 0.240. The van der Waals surface area contributed by atoms with Gasteiger partial charge in [0.05, 0.1) is 6.54 Å². The molecule has 0 aliphatic carbocycles. The second-order valence-corrected chi connectivity index (χ2v) is 7.41. The number of carbonyl (C=O) groups excluding carboxylic acids is 1. The number of benzene rings is 3. The molecule has 4 nitrogen and oxygen atoms in total. The van der Waals surface area contributed by atoms with E-state index in [0.717, 1.165) is 25.9 Å². The first kappa shape index (κ1) is 20.0. The van der Waals surface area contributed by atoms with Crippen LogP contribution in [0.25, 0.3) is 0 Å². The first-order chi connectivity index (χ1) is 14.7. The van der Waals surface area contributed by atoms with E-state index in [1.165, 1.54) is 28.9 Å². The Balaban J connectivity index is 1.27. The summed E-state index contributed by atoms with van der Waals surface area (Å²) >= 11 is 0. The Morgan fingerprint density at radius 3 is 2.57 bits per heavy atom. The molecule has 0 radical (unpaired) electrons. The van der Waals surface area contributed by atoms with E-state index in [0.29, 0.717) is 24.5 Å². The third kappa shape index (κ3) is 4.98. The first-order valence-corrected chi connectivity index (χ1v) is 10.3. The fourth-order valence-corrected chi connectivity index (χ4v) is 3.72. The van der Waals surface area contributed by atoms with Gasteiger partial charge < -0.3 is 15.0 Å². The van der Waals surface area contributed by atoms with Crippen molar-refractivity contribution >= 4 is 11.6 Å². The first-order valence-electron chi connectivity index (χ1n) is 10.3. The van der Waals surface area contributed by atoms with Crippen LogP contribution in [0, 0.1) is 5.82 Å². The Kier molecular flexibility index (Phi) is 6.28. The van der Waals surface area contributed by atoms with E-state index in [1.807, 2.05) is 24.3 Å². The van der Waals surface area contributed by atoms with Crippen LogP contribution < -0.4 is 15.0 Å². The van der Waals surface area contributed by atoms with Crippen LogP contribution >= 0.6 is 0 Å². The van der Waals surface area contributed by atoms with E-state index in [9.17, 15) is 9.18 Å². The number of para-hydroxylation sites is 1. The van der Waals surface area contributed by atoms with Gasteiger partial charge in [0.1, 0.15) is 18.2 Å². The molecule has 0 aromatic heterocycles. The molecule has 154 valence electrons. The zero-order valence-electron chi connectivity index (χ0n) is 16.8. The number of rotatable bonds is 7. The number of fused-ring (bicyclic) bond motifs is 1. The average Bonchev–Trinajstić information content (AvgIpc) is 2.78. The fourth-order valence-electron chi connectivity index (χ4n) is 3.72. The zero-order chi connectivity index (χ0) is 20.8. The van der Waals surface area contributed by atoms with Crippen LogP contribution in [0.15, 0.2) is 72.8 Å². The molecule has 0 saturated carbocycles. The van der Waals surface area contributed by atoms with Crippen molar-refractivity contribution in [1.29, 1.82) is 0 Å². The number of anilines is 1. The van der Waals surface area contributed by atoms with E-state index in [-0.39, 0.29) is 11.7 Å². The summed E-state index contributed by atoms with van der Waals surface area (Å²) in [5.41, 5.74) is 4.52. The van der Waals surface area contributed by atoms with Gasteiger partial charge in [-0.15, -0.1) is 0 Å². The summed E-state index contributed by atoms with van der Waals surface area (Å²) in [6, 6.07) is 22.2. The number of hydrogen-bond donors (Lipinski definition) is 1. The van der Waals surface area contributed by atoms with Gasteiger partial charge in [-0.2, -0.15) is 0 Å². The Hall–Kier alpha value is -3.34. The number of halogens is 1. The summed E-state index contributed by atoms with van der Waals surface area (Å²) in [6.45, 7) is 2.59. The number of hydrogen-bond acceptors (Lipinski definition) is 3. The highest BCUT2D eigenvalue weighted by Crippen LogP contribution is 2.28. The number of carbonyl (C=O) groups is 1. The summed E-state index contributed by atoms with van der Waals surface area (Å²) in [5.74, 6) is 0.144. The summed E-state index contributed by atoms with van der Waals surface area (Å²) in [5, 5.41) is 2.85. The number of nitrogens with one attached hydrogen (secondary N) is 1. The second-order valence-electron chi connectivity index (χ2n) is 7.41. The van der Waals surface area contributed by atoms with Crippen molar-refractivity contribution < 1.29 is 13.9 Å². The molecule has 1 heterocycles. The van der Waals surface area contributed by atoms with Gasteiger partial charge in [-0.3, -0.25) is 4.79 Å². The van der Waals surface area contributed by atoms with E-state index >= 15 is 0 Å². The Bertz CT molecular complexity index is 987. The van der Waals surface area contributed by atoms with Crippen LogP contribution in [0.4, 0.5) is 10.1 Å². The van der Waals surface area contributed by atoms with Crippen LogP contribution in [0.1, 0.15) is 27.9 Å². The SMILES string of the molecule is O=C(NCCOc1ccc(F)cc1)c1ccc(CN2CCCc3ccccc32)cc1. The Morgan fingerprint density at radius 1 is 1.00 bits per heavy atom. The van der Waals surface area contributed by atoms with Crippen molar-refractivity contribution in [3.63, 3.8) is 0 Å². The van der Waals surface area contributed by atoms with Crippen LogP contribution in [0.5, 0.6) is 5.75 Å². The van der Waals surface area contributed by atoms with E-state index < -0.39 is 0 Å². The molecule has 0 saturated heterocycles. The lowest BCUT2D eigenvalue weighted by Gasteiger charge is -2.31. The highest BCUT2D eigenvalue weighted by Gasteiger charge is 2.16. The van der Waals surface area contributed by atoms with Crippen molar-refractivity contribution in [1.82, 2.24) is 5.32 Å².